The van der Waals surface area contributed by atoms with Gasteiger partial charge in [0, 0.05) is 12.1 Å². The van der Waals surface area contributed by atoms with Gasteiger partial charge in [0.05, 0.1) is 0 Å². The van der Waals surface area contributed by atoms with Crippen LogP contribution in [0.1, 0.15) is 29.7 Å². The normalized spacial score (nSPS) is 12.2. The van der Waals surface area contributed by atoms with E-state index in [-0.39, 0.29) is 12.6 Å². The quantitative estimate of drug-likeness (QED) is 0.920. The summed E-state index contributed by atoms with van der Waals surface area (Å²) in [6, 6.07) is 8.98. The van der Waals surface area contributed by atoms with Gasteiger partial charge in [-0.2, -0.15) is 0 Å². The fourth-order valence-corrected chi connectivity index (χ4v) is 1.97. The Morgan fingerprint density at radius 1 is 1.10 bits per heavy atom. The molecule has 0 spiro atoms. The van der Waals surface area contributed by atoms with E-state index in [1.165, 1.54) is 12.1 Å². The first kappa shape index (κ1) is 14.5. The van der Waals surface area contributed by atoms with Crippen molar-refractivity contribution in [1.29, 1.82) is 0 Å². The lowest BCUT2D eigenvalue weighted by atomic mass is 10.1. The summed E-state index contributed by atoms with van der Waals surface area (Å²) in [4.78, 5) is 0. The molecule has 0 radical (unpaired) electrons. The van der Waals surface area contributed by atoms with Gasteiger partial charge in [-0.15, -0.1) is 0 Å². The van der Waals surface area contributed by atoms with E-state index in [0.717, 1.165) is 17.2 Å². The van der Waals surface area contributed by atoms with Crippen LogP contribution in [0.5, 0.6) is 5.75 Å². The molecule has 0 aliphatic rings. The van der Waals surface area contributed by atoms with Gasteiger partial charge >= 0.3 is 0 Å². The second-order valence-electron chi connectivity index (χ2n) is 4.88. The van der Waals surface area contributed by atoms with Gasteiger partial charge in [-0.3, -0.25) is 0 Å². The lowest BCUT2D eigenvalue weighted by Gasteiger charge is -2.12. The molecule has 20 heavy (non-hydrogen) atoms. The van der Waals surface area contributed by atoms with Gasteiger partial charge in [-0.25, -0.2) is 8.78 Å². The minimum Gasteiger partial charge on any atom is -0.489 e. The van der Waals surface area contributed by atoms with Crippen LogP contribution >= 0.6 is 0 Å². The van der Waals surface area contributed by atoms with Crippen LogP contribution in [0.4, 0.5) is 8.78 Å². The lowest BCUT2D eigenvalue weighted by Crippen LogP contribution is -2.05. The van der Waals surface area contributed by atoms with Crippen molar-refractivity contribution in [3.63, 3.8) is 0 Å². The standard InChI is InChI=1S/C16H17F2NO/c1-10-5-13(11(2)19)3-4-16(10)20-9-12-6-14(17)8-15(18)7-12/h3-8,11H,9,19H2,1-2H3. The number of benzene rings is 2. The van der Waals surface area contributed by atoms with Crippen LogP contribution < -0.4 is 10.5 Å². The fraction of sp³-hybridized carbons (Fsp3) is 0.250. The topological polar surface area (TPSA) is 35.2 Å². The molecule has 4 heteroatoms. The maximum absolute atomic E-state index is 13.1. The highest BCUT2D eigenvalue weighted by molar-refractivity contribution is 5.37. The molecule has 0 aromatic heterocycles. The minimum atomic E-state index is -0.604. The maximum atomic E-state index is 13.1. The van der Waals surface area contributed by atoms with Gasteiger partial charge in [-0.05, 0) is 48.7 Å². The summed E-state index contributed by atoms with van der Waals surface area (Å²) in [5.41, 5.74) is 8.22. The van der Waals surface area contributed by atoms with Crippen molar-refractivity contribution in [2.75, 3.05) is 0 Å². The van der Waals surface area contributed by atoms with Crippen LogP contribution in [-0.4, -0.2) is 0 Å². The highest BCUT2D eigenvalue weighted by atomic mass is 19.1. The van der Waals surface area contributed by atoms with Crippen molar-refractivity contribution in [2.24, 2.45) is 5.73 Å². The highest BCUT2D eigenvalue weighted by Gasteiger charge is 2.06. The molecule has 0 saturated carbocycles. The summed E-state index contributed by atoms with van der Waals surface area (Å²) in [5, 5.41) is 0. The van der Waals surface area contributed by atoms with E-state index in [1.54, 1.807) is 0 Å². The summed E-state index contributed by atoms with van der Waals surface area (Å²) in [6.07, 6.45) is 0. The van der Waals surface area contributed by atoms with Crippen LogP contribution in [0.2, 0.25) is 0 Å². The van der Waals surface area contributed by atoms with Crippen molar-refractivity contribution >= 4 is 0 Å². The molecule has 0 aliphatic heterocycles. The second kappa shape index (κ2) is 6.01. The molecule has 2 rings (SSSR count). The zero-order valence-corrected chi connectivity index (χ0v) is 11.5. The Hall–Kier alpha value is -1.94. The average molecular weight is 277 g/mol. The predicted molar refractivity (Wildman–Crippen MR) is 74.5 cm³/mol. The third-order valence-electron chi connectivity index (χ3n) is 3.04. The molecule has 2 aromatic carbocycles. The highest BCUT2D eigenvalue weighted by Crippen LogP contribution is 2.23. The molecule has 1 atom stereocenters. The zero-order chi connectivity index (χ0) is 14.7. The van der Waals surface area contributed by atoms with Gasteiger partial charge in [0.15, 0.2) is 0 Å². The van der Waals surface area contributed by atoms with Crippen LogP contribution in [0, 0.1) is 18.6 Å². The Labute approximate surface area is 117 Å². The van der Waals surface area contributed by atoms with Crippen LogP contribution in [0.3, 0.4) is 0 Å². The Kier molecular flexibility index (Phi) is 4.35. The molecule has 0 heterocycles. The molecule has 0 aliphatic carbocycles. The van der Waals surface area contributed by atoms with E-state index in [1.807, 2.05) is 32.0 Å². The van der Waals surface area contributed by atoms with E-state index in [9.17, 15) is 8.78 Å². The first-order valence-corrected chi connectivity index (χ1v) is 6.39. The average Bonchev–Trinajstić information content (AvgIpc) is 2.36. The summed E-state index contributed by atoms with van der Waals surface area (Å²) in [7, 11) is 0. The molecule has 2 nitrogen and oxygen atoms in total. The molecule has 0 bridgehead atoms. The SMILES string of the molecule is Cc1cc(C(C)N)ccc1OCc1cc(F)cc(F)c1. The van der Waals surface area contributed by atoms with E-state index < -0.39 is 11.6 Å². The van der Waals surface area contributed by atoms with Gasteiger partial charge in [0.2, 0.25) is 0 Å². The first-order chi connectivity index (χ1) is 9.45. The van der Waals surface area contributed by atoms with Gasteiger partial charge < -0.3 is 10.5 Å². The largest absolute Gasteiger partial charge is 0.489 e. The molecule has 0 fully saturated rings. The van der Waals surface area contributed by atoms with Crippen molar-refractivity contribution in [3.05, 3.63) is 64.7 Å². The van der Waals surface area contributed by atoms with E-state index in [2.05, 4.69) is 0 Å². The van der Waals surface area contributed by atoms with E-state index in [4.69, 9.17) is 10.5 Å². The molecule has 1 unspecified atom stereocenters. The Balaban J connectivity index is 2.11. The Morgan fingerprint density at radius 3 is 2.30 bits per heavy atom. The monoisotopic (exact) mass is 277 g/mol. The first-order valence-electron chi connectivity index (χ1n) is 6.39. The molecular formula is C16H17F2NO. The van der Waals surface area contributed by atoms with Crippen molar-refractivity contribution in [2.45, 2.75) is 26.5 Å². The van der Waals surface area contributed by atoms with Crippen molar-refractivity contribution < 1.29 is 13.5 Å². The molecule has 2 aromatic rings. The number of rotatable bonds is 4. The van der Waals surface area contributed by atoms with Crippen LogP contribution in [-0.2, 0) is 6.61 Å². The minimum absolute atomic E-state index is 0.0416. The molecular weight excluding hydrogens is 260 g/mol. The Morgan fingerprint density at radius 2 is 1.75 bits per heavy atom. The van der Waals surface area contributed by atoms with E-state index in [0.29, 0.717) is 11.3 Å². The zero-order valence-electron chi connectivity index (χ0n) is 11.5. The second-order valence-corrected chi connectivity index (χ2v) is 4.88. The number of hydrogen-bond donors (Lipinski definition) is 1. The number of aryl methyl sites for hydroxylation is 1. The molecule has 106 valence electrons. The summed E-state index contributed by atoms with van der Waals surface area (Å²) >= 11 is 0. The summed E-state index contributed by atoms with van der Waals surface area (Å²) < 4.78 is 31.7. The van der Waals surface area contributed by atoms with Crippen molar-refractivity contribution in [1.82, 2.24) is 0 Å². The predicted octanol–water partition coefficient (Wildman–Crippen LogP) is 3.87. The van der Waals surface area contributed by atoms with Crippen LogP contribution in [0.25, 0.3) is 0 Å². The number of hydrogen-bond acceptors (Lipinski definition) is 2. The van der Waals surface area contributed by atoms with Gasteiger partial charge in [0.1, 0.15) is 24.0 Å². The summed E-state index contributed by atoms with van der Waals surface area (Å²) in [5.74, 6) is -0.528. The Bertz CT molecular complexity index is 591. The number of halogens is 2. The summed E-state index contributed by atoms with van der Waals surface area (Å²) in [6.45, 7) is 3.94. The van der Waals surface area contributed by atoms with Gasteiger partial charge in [-0.1, -0.05) is 12.1 Å². The lowest BCUT2D eigenvalue weighted by molar-refractivity contribution is 0.302. The smallest absolute Gasteiger partial charge is 0.126 e. The van der Waals surface area contributed by atoms with Gasteiger partial charge in [0.25, 0.3) is 0 Å². The number of nitrogens with two attached hydrogens (primary N) is 1. The van der Waals surface area contributed by atoms with Crippen LogP contribution in [0.15, 0.2) is 36.4 Å². The third-order valence-corrected chi connectivity index (χ3v) is 3.04. The molecule has 2 N–H and O–H groups in total. The molecule has 0 amide bonds. The third kappa shape index (κ3) is 3.54. The molecule has 0 saturated heterocycles. The van der Waals surface area contributed by atoms with E-state index >= 15 is 0 Å². The van der Waals surface area contributed by atoms with Crippen molar-refractivity contribution in [3.8, 4) is 5.75 Å². The fourth-order valence-electron chi connectivity index (χ4n) is 1.97. The maximum Gasteiger partial charge on any atom is 0.126 e. The number of ether oxygens (including phenoxy) is 1.